The van der Waals surface area contributed by atoms with Gasteiger partial charge >= 0.3 is 6.03 Å². The van der Waals surface area contributed by atoms with Crippen LogP contribution in [0.1, 0.15) is 48.9 Å². The van der Waals surface area contributed by atoms with E-state index in [2.05, 4.69) is 21.4 Å². The summed E-state index contributed by atoms with van der Waals surface area (Å²) < 4.78 is 2.09. The van der Waals surface area contributed by atoms with Crippen LogP contribution in [0.5, 0.6) is 0 Å². The van der Waals surface area contributed by atoms with Gasteiger partial charge in [0.2, 0.25) is 0 Å². The molecule has 4 rings (SSSR count). The Morgan fingerprint density at radius 1 is 1.21 bits per heavy atom. The van der Waals surface area contributed by atoms with Gasteiger partial charge in [0.1, 0.15) is 0 Å². The van der Waals surface area contributed by atoms with Crippen LogP contribution in [0, 0.1) is 0 Å². The van der Waals surface area contributed by atoms with E-state index >= 15 is 0 Å². The third-order valence-electron chi connectivity index (χ3n) is 4.51. The summed E-state index contributed by atoms with van der Waals surface area (Å²) in [4.78, 5) is 12.0. The molecular formula is C18H21ClN4O. The third-order valence-corrected chi connectivity index (χ3v) is 4.75. The first kappa shape index (κ1) is 15.5. The number of rotatable bonds is 6. The Morgan fingerprint density at radius 3 is 2.71 bits per heavy atom. The minimum atomic E-state index is -0.222. The molecule has 1 aromatic heterocycles. The number of carbonyl (C=O) groups is 1. The number of anilines is 1. The number of halogens is 1. The van der Waals surface area contributed by atoms with Crippen molar-refractivity contribution >= 4 is 23.3 Å². The van der Waals surface area contributed by atoms with Gasteiger partial charge in [-0.2, -0.15) is 5.10 Å². The quantitative estimate of drug-likeness (QED) is 0.828. The summed E-state index contributed by atoms with van der Waals surface area (Å²) in [5, 5.41) is 11.0. The topological polar surface area (TPSA) is 59.0 Å². The van der Waals surface area contributed by atoms with Crippen LogP contribution in [0.3, 0.4) is 0 Å². The van der Waals surface area contributed by atoms with Gasteiger partial charge in [0.05, 0.1) is 12.2 Å². The van der Waals surface area contributed by atoms with E-state index in [1.165, 1.54) is 37.1 Å². The number of urea groups is 1. The first-order valence-electron chi connectivity index (χ1n) is 8.57. The van der Waals surface area contributed by atoms with Gasteiger partial charge in [-0.25, -0.2) is 4.79 Å². The van der Waals surface area contributed by atoms with Crippen LogP contribution in [0.2, 0.25) is 5.02 Å². The molecule has 2 aliphatic rings. The smallest absolute Gasteiger partial charge is 0.319 e. The van der Waals surface area contributed by atoms with Gasteiger partial charge in [0, 0.05) is 34.8 Å². The van der Waals surface area contributed by atoms with Crippen molar-refractivity contribution in [3.8, 4) is 0 Å². The van der Waals surface area contributed by atoms with Crippen LogP contribution in [0.4, 0.5) is 10.5 Å². The molecule has 126 valence electrons. The molecule has 6 heteroatoms. The van der Waals surface area contributed by atoms with E-state index in [-0.39, 0.29) is 6.03 Å². The van der Waals surface area contributed by atoms with Gasteiger partial charge < -0.3 is 10.6 Å². The maximum atomic E-state index is 12.0. The molecule has 1 heterocycles. The standard InChI is InChI=1S/C18H21ClN4O/c19-14-2-1-3-15(10-14)21-18(24)20-8-9-23-17(13-6-7-13)11-16(22-23)12-4-5-12/h1-3,10-13H,4-9H2,(H2,20,21,24). The summed E-state index contributed by atoms with van der Waals surface area (Å²) in [5.41, 5.74) is 3.27. The lowest BCUT2D eigenvalue weighted by molar-refractivity contribution is 0.251. The minimum Gasteiger partial charge on any atom is -0.336 e. The molecule has 0 unspecified atom stereocenters. The second-order valence-corrected chi connectivity index (χ2v) is 7.09. The molecule has 0 aliphatic heterocycles. The molecule has 5 nitrogen and oxygen atoms in total. The summed E-state index contributed by atoms with van der Waals surface area (Å²) in [6.45, 7) is 1.26. The molecule has 0 saturated heterocycles. The van der Waals surface area contributed by atoms with E-state index in [1.54, 1.807) is 12.1 Å². The highest BCUT2D eigenvalue weighted by molar-refractivity contribution is 6.30. The maximum absolute atomic E-state index is 12.0. The number of carbonyl (C=O) groups excluding carboxylic acids is 1. The Morgan fingerprint density at radius 2 is 2.00 bits per heavy atom. The zero-order chi connectivity index (χ0) is 16.5. The van der Waals surface area contributed by atoms with E-state index in [0.717, 1.165) is 0 Å². The first-order chi connectivity index (χ1) is 11.7. The average Bonchev–Trinajstić information content (AvgIpc) is 3.46. The van der Waals surface area contributed by atoms with Gasteiger partial charge in [-0.05, 0) is 49.9 Å². The van der Waals surface area contributed by atoms with Crippen LogP contribution in [0.25, 0.3) is 0 Å². The number of hydrogen-bond donors (Lipinski definition) is 2. The summed E-state index contributed by atoms with van der Waals surface area (Å²) in [6.07, 6.45) is 5.06. The molecule has 2 fully saturated rings. The molecule has 24 heavy (non-hydrogen) atoms. The van der Waals surface area contributed by atoms with Crippen molar-refractivity contribution in [3.05, 3.63) is 46.7 Å². The van der Waals surface area contributed by atoms with Gasteiger partial charge in [0.25, 0.3) is 0 Å². The second-order valence-electron chi connectivity index (χ2n) is 6.66. The van der Waals surface area contributed by atoms with Crippen molar-refractivity contribution in [1.82, 2.24) is 15.1 Å². The molecular weight excluding hydrogens is 324 g/mol. The van der Waals surface area contributed by atoms with Gasteiger partial charge in [-0.3, -0.25) is 4.68 Å². The Kier molecular flexibility index (Phi) is 4.19. The minimum absolute atomic E-state index is 0.222. The first-order valence-corrected chi connectivity index (χ1v) is 8.95. The second kappa shape index (κ2) is 6.48. The molecule has 2 N–H and O–H groups in total. The Hall–Kier alpha value is -2.01. The van der Waals surface area contributed by atoms with E-state index in [4.69, 9.17) is 16.7 Å². The largest absolute Gasteiger partial charge is 0.336 e. The fourth-order valence-electron chi connectivity index (χ4n) is 2.93. The molecule has 2 aliphatic carbocycles. The van der Waals surface area contributed by atoms with Crippen LogP contribution in [0.15, 0.2) is 30.3 Å². The Labute approximate surface area is 146 Å². The lowest BCUT2D eigenvalue weighted by atomic mass is 10.2. The molecule has 1 aromatic carbocycles. The zero-order valence-corrected chi connectivity index (χ0v) is 14.2. The SMILES string of the molecule is O=C(NCCn1nc(C2CC2)cc1C1CC1)Nc1cccc(Cl)c1. The predicted molar refractivity (Wildman–Crippen MR) is 94.7 cm³/mol. The fourth-order valence-corrected chi connectivity index (χ4v) is 3.12. The average molecular weight is 345 g/mol. The highest BCUT2D eigenvalue weighted by atomic mass is 35.5. The van der Waals surface area contributed by atoms with Crippen molar-refractivity contribution in [2.45, 2.75) is 44.1 Å². The van der Waals surface area contributed by atoms with Crippen LogP contribution >= 0.6 is 11.6 Å². The zero-order valence-electron chi connectivity index (χ0n) is 13.5. The Balaban J connectivity index is 1.31. The van der Waals surface area contributed by atoms with E-state index in [1.807, 2.05) is 12.1 Å². The van der Waals surface area contributed by atoms with Crippen molar-refractivity contribution in [1.29, 1.82) is 0 Å². The number of benzene rings is 1. The predicted octanol–water partition coefficient (Wildman–Crippen LogP) is 4.11. The fraction of sp³-hybridized carbons (Fsp3) is 0.444. The number of nitrogens with one attached hydrogen (secondary N) is 2. The van der Waals surface area contributed by atoms with Crippen LogP contribution < -0.4 is 10.6 Å². The molecule has 0 spiro atoms. The van der Waals surface area contributed by atoms with Crippen molar-refractivity contribution in [3.63, 3.8) is 0 Å². The lowest BCUT2D eigenvalue weighted by Gasteiger charge is -2.10. The highest BCUT2D eigenvalue weighted by Crippen LogP contribution is 2.44. The van der Waals surface area contributed by atoms with E-state index in [9.17, 15) is 4.79 Å². The van der Waals surface area contributed by atoms with Crippen molar-refractivity contribution in [2.24, 2.45) is 0 Å². The van der Waals surface area contributed by atoms with Gasteiger partial charge in [-0.1, -0.05) is 17.7 Å². The molecule has 0 atom stereocenters. The summed E-state index contributed by atoms with van der Waals surface area (Å²) in [7, 11) is 0. The summed E-state index contributed by atoms with van der Waals surface area (Å²) >= 11 is 5.92. The number of amides is 2. The van der Waals surface area contributed by atoms with E-state index in [0.29, 0.717) is 35.6 Å². The summed E-state index contributed by atoms with van der Waals surface area (Å²) in [6, 6.07) is 9.18. The molecule has 2 aromatic rings. The highest BCUT2D eigenvalue weighted by Gasteiger charge is 2.32. The summed E-state index contributed by atoms with van der Waals surface area (Å²) in [5.74, 6) is 1.34. The van der Waals surface area contributed by atoms with Crippen LogP contribution in [-0.2, 0) is 6.54 Å². The van der Waals surface area contributed by atoms with Crippen molar-refractivity contribution < 1.29 is 4.79 Å². The number of nitrogens with zero attached hydrogens (tertiary/aromatic N) is 2. The normalized spacial score (nSPS) is 16.9. The molecule has 0 radical (unpaired) electrons. The molecule has 0 bridgehead atoms. The van der Waals surface area contributed by atoms with E-state index < -0.39 is 0 Å². The van der Waals surface area contributed by atoms with Gasteiger partial charge in [-0.15, -0.1) is 0 Å². The van der Waals surface area contributed by atoms with Crippen molar-refractivity contribution in [2.75, 3.05) is 11.9 Å². The molecule has 2 amide bonds. The maximum Gasteiger partial charge on any atom is 0.319 e. The third kappa shape index (κ3) is 3.73. The number of hydrogen-bond acceptors (Lipinski definition) is 2. The Bertz CT molecular complexity index is 749. The van der Waals surface area contributed by atoms with Crippen LogP contribution in [-0.4, -0.2) is 22.4 Å². The van der Waals surface area contributed by atoms with Gasteiger partial charge in [0.15, 0.2) is 0 Å². The molecule has 2 saturated carbocycles. The lowest BCUT2D eigenvalue weighted by Crippen LogP contribution is -2.32. The monoisotopic (exact) mass is 344 g/mol. The number of aromatic nitrogens is 2.